The predicted octanol–water partition coefficient (Wildman–Crippen LogP) is 1.54. The van der Waals surface area contributed by atoms with Gasteiger partial charge in [-0.15, -0.1) is 0 Å². The summed E-state index contributed by atoms with van der Waals surface area (Å²) in [5.74, 6) is 0.225. The van der Waals surface area contributed by atoms with Crippen LogP contribution < -0.4 is 4.74 Å². The Morgan fingerprint density at radius 3 is 2.54 bits per heavy atom. The second-order valence-corrected chi connectivity index (χ2v) is 6.08. The number of nitro groups is 1. The maximum absolute atomic E-state index is 10.6. The lowest BCUT2D eigenvalue weighted by Gasteiger charge is -2.40. The Kier molecular flexibility index (Phi) is 7.23. The molecule has 9 nitrogen and oxygen atoms in total. The molecule has 0 aromatic heterocycles. The monoisotopic (exact) mass is 387 g/mol. The van der Waals surface area contributed by atoms with Gasteiger partial charge in [-0.1, -0.05) is 6.92 Å². The molecule has 144 valence electrons. The van der Waals surface area contributed by atoms with Gasteiger partial charge < -0.3 is 29.2 Å². The summed E-state index contributed by atoms with van der Waals surface area (Å²) in [5, 5.41) is 30.8. The van der Waals surface area contributed by atoms with Gasteiger partial charge in [0.2, 0.25) is 0 Å². The zero-order valence-electron chi connectivity index (χ0n) is 14.3. The van der Waals surface area contributed by atoms with Gasteiger partial charge in [0.1, 0.15) is 18.0 Å². The molecular formula is C16H21NO8S. The van der Waals surface area contributed by atoms with E-state index < -0.39 is 35.6 Å². The third kappa shape index (κ3) is 5.08. The van der Waals surface area contributed by atoms with Gasteiger partial charge in [-0.05, 0) is 25.5 Å². The van der Waals surface area contributed by atoms with Crippen molar-refractivity contribution in [2.75, 3.05) is 6.61 Å². The number of benzene rings is 1. The second kappa shape index (κ2) is 9.19. The van der Waals surface area contributed by atoms with Crippen molar-refractivity contribution in [2.45, 2.75) is 51.0 Å². The van der Waals surface area contributed by atoms with Crippen molar-refractivity contribution >= 4 is 23.1 Å². The second-order valence-electron chi connectivity index (χ2n) is 5.75. The SMILES string of the molecule is CCCO[C@H]1O[C@@H](C)[C@H](O)[C@@H](OC(=S)Oc2ccc([N+](=O)[O-])cc2)[C@H]1O. The minimum absolute atomic E-state index is 0.0933. The smallest absolute Gasteiger partial charge is 0.358 e. The number of hydrogen-bond donors (Lipinski definition) is 2. The molecule has 2 N–H and O–H groups in total. The van der Waals surface area contributed by atoms with Crippen molar-refractivity contribution in [3.63, 3.8) is 0 Å². The molecule has 0 unspecified atom stereocenters. The van der Waals surface area contributed by atoms with E-state index in [2.05, 4.69) is 0 Å². The molecule has 1 saturated heterocycles. The number of nitro benzene ring substituents is 1. The fraction of sp³-hybridized carbons (Fsp3) is 0.562. The highest BCUT2D eigenvalue weighted by Crippen LogP contribution is 2.25. The van der Waals surface area contributed by atoms with Gasteiger partial charge in [0.25, 0.3) is 5.69 Å². The number of aliphatic hydroxyl groups is 2. The maximum Gasteiger partial charge on any atom is 0.358 e. The minimum Gasteiger partial charge on any atom is -0.447 e. The average molecular weight is 387 g/mol. The average Bonchev–Trinajstić information content (AvgIpc) is 2.61. The van der Waals surface area contributed by atoms with Crippen LogP contribution >= 0.6 is 12.2 Å². The molecule has 5 atom stereocenters. The van der Waals surface area contributed by atoms with Crippen molar-refractivity contribution < 1.29 is 34.1 Å². The summed E-state index contributed by atoms with van der Waals surface area (Å²) in [6.07, 6.45) is -4.40. The molecule has 1 aromatic carbocycles. The van der Waals surface area contributed by atoms with Crippen molar-refractivity contribution in [3.8, 4) is 5.75 Å². The fourth-order valence-corrected chi connectivity index (χ4v) is 2.58. The molecule has 1 aliphatic rings. The molecule has 0 bridgehead atoms. The molecule has 26 heavy (non-hydrogen) atoms. The Morgan fingerprint density at radius 2 is 1.96 bits per heavy atom. The number of aliphatic hydroxyl groups excluding tert-OH is 2. The van der Waals surface area contributed by atoms with Crippen LogP contribution in [-0.4, -0.2) is 57.7 Å². The normalized spacial score (nSPS) is 28.4. The molecule has 0 aliphatic carbocycles. The first-order chi connectivity index (χ1) is 12.3. The molecule has 0 radical (unpaired) electrons. The summed E-state index contributed by atoms with van der Waals surface area (Å²) >= 11 is 4.99. The van der Waals surface area contributed by atoms with Crippen LogP contribution in [0.3, 0.4) is 0 Å². The van der Waals surface area contributed by atoms with Gasteiger partial charge in [0.15, 0.2) is 12.4 Å². The fourth-order valence-electron chi connectivity index (χ4n) is 2.38. The molecule has 1 fully saturated rings. The van der Waals surface area contributed by atoms with Gasteiger partial charge in [-0.25, -0.2) is 0 Å². The van der Waals surface area contributed by atoms with E-state index in [-0.39, 0.29) is 16.7 Å². The topological polar surface area (TPSA) is 121 Å². The zero-order chi connectivity index (χ0) is 19.3. The maximum atomic E-state index is 10.6. The summed E-state index contributed by atoms with van der Waals surface area (Å²) in [6, 6.07) is 5.24. The van der Waals surface area contributed by atoms with Crippen LogP contribution in [0, 0.1) is 10.1 Å². The van der Waals surface area contributed by atoms with Crippen LogP contribution in [0.5, 0.6) is 5.75 Å². The number of rotatable bonds is 6. The Labute approximate surface area is 155 Å². The van der Waals surface area contributed by atoms with Crippen LogP contribution in [0.1, 0.15) is 20.3 Å². The van der Waals surface area contributed by atoms with Crippen molar-refractivity contribution in [2.24, 2.45) is 0 Å². The number of thiocarbonyl (C=S) groups is 1. The van der Waals surface area contributed by atoms with E-state index in [0.29, 0.717) is 6.61 Å². The quantitative estimate of drug-likeness (QED) is 0.425. The molecule has 10 heteroatoms. The molecule has 1 heterocycles. The van der Waals surface area contributed by atoms with Gasteiger partial charge in [0, 0.05) is 31.0 Å². The van der Waals surface area contributed by atoms with Crippen molar-refractivity contribution in [1.29, 1.82) is 0 Å². The molecule has 1 aliphatic heterocycles. The molecular weight excluding hydrogens is 366 g/mol. The number of nitrogens with zero attached hydrogens (tertiary/aromatic N) is 1. The number of non-ortho nitro benzene ring substituents is 1. The molecule has 1 aromatic rings. The number of hydrogen-bond acceptors (Lipinski definition) is 9. The highest BCUT2D eigenvalue weighted by atomic mass is 32.1. The predicted molar refractivity (Wildman–Crippen MR) is 93.8 cm³/mol. The third-order valence-electron chi connectivity index (χ3n) is 3.75. The minimum atomic E-state index is -1.27. The summed E-state index contributed by atoms with van der Waals surface area (Å²) in [4.78, 5) is 10.1. The Balaban J connectivity index is 1.99. The summed E-state index contributed by atoms with van der Waals surface area (Å²) < 4.78 is 21.5. The highest BCUT2D eigenvalue weighted by Gasteiger charge is 2.45. The third-order valence-corrected chi connectivity index (χ3v) is 3.93. The van der Waals surface area contributed by atoms with Crippen LogP contribution in [0.15, 0.2) is 24.3 Å². The summed E-state index contributed by atoms with van der Waals surface area (Å²) in [6.45, 7) is 3.91. The van der Waals surface area contributed by atoms with Gasteiger partial charge >= 0.3 is 5.24 Å². The van der Waals surface area contributed by atoms with E-state index in [9.17, 15) is 20.3 Å². The molecule has 0 amide bonds. The van der Waals surface area contributed by atoms with E-state index in [0.717, 1.165) is 6.42 Å². The van der Waals surface area contributed by atoms with Crippen LogP contribution in [-0.2, 0) is 14.2 Å². The van der Waals surface area contributed by atoms with Crippen LogP contribution in [0.25, 0.3) is 0 Å². The molecule has 0 saturated carbocycles. The van der Waals surface area contributed by atoms with E-state index in [4.69, 9.17) is 31.2 Å². The van der Waals surface area contributed by atoms with E-state index in [1.165, 1.54) is 24.3 Å². The highest BCUT2D eigenvalue weighted by molar-refractivity contribution is 7.79. The first-order valence-electron chi connectivity index (χ1n) is 8.09. The molecule has 0 spiro atoms. The van der Waals surface area contributed by atoms with Crippen molar-refractivity contribution in [3.05, 3.63) is 34.4 Å². The Hall–Kier alpha value is -1.85. The summed E-state index contributed by atoms with van der Waals surface area (Å²) in [7, 11) is 0. The Morgan fingerprint density at radius 1 is 1.31 bits per heavy atom. The largest absolute Gasteiger partial charge is 0.447 e. The summed E-state index contributed by atoms with van der Waals surface area (Å²) in [5.41, 5.74) is -0.0933. The van der Waals surface area contributed by atoms with Crippen LogP contribution in [0.2, 0.25) is 0 Å². The number of ether oxygens (including phenoxy) is 4. The van der Waals surface area contributed by atoms with E-state index in [1.807, 2.05) is 6.92 Å². The zero-order valence-corrected chi connectivity index (χ0v) is 15.1. The van der Waals surface area contributed by atoms with Crippen LogP contribution in [0.4, 0.5) is 5.69 Å². The standard InChI is InChI=1S/C16H21NO8S/c1-3-8-22-15-13(19)14(12(18)9(2)23-15)25-16(26)24-11-6-4-10(5-7-11)17(20)21/h4-7,9,12-15,18-19H,3,8H2,1-2H3/t9-,12-,13+,14+,15-/m0/s1. The van der Waals surface area contributed by atoms with E-state index in [1.54, 1.807) is 6.92 Å². The van der Waals surface area contributed by atoms with Gasteiger partial charge in [-0.3, -0.25) is 10.1 Å². The lowest BCUT2D eigenvalue weighted by Crippen LogP contribution is -2.59. The first-order valence-corrected chi connectivity index (χ1v) is 8.50. The molecule has 2 rings (SSSR count). The van der Waals surface area contributed by atoms with Crippen molar-refractivity contribution in [1.82, 2.24) is 0 Å². The lowest BCUT2D eigenvalue weighted by molar-refractivity contribution is -0.384. The van der Waals surface area contributed by atoms with E-state index >= 15 is 0 Å². The van der Waals surface area contributed by atoms with Gasteiger partial charge in [0.05, 0.1) is 11.0 Å². The Bertz CT molecular complexity index is 625. The first kappa shape index (κ1) is 20.5. The lowest BCUT2D eigenvalue weighted by atomic mass is 10.00. The van der Waals surface area contributed by atoms with Gasteiger partial charge in [-0.2, -0.15) is 0 Å².